The van der Waals surface area contributed by atoms with Crippen molar-refractivity contribution in [1.82, 2.24) is 9.55 Å². The molecule has 2 aromatic carbocycles. The number of hydrogen-bond acceptors (Lipinski definition) is 1. The SMILES string of the molecule is Cn1cnc(/C=C\c2cccc3ccccc23)c1. The molecule has 0 saturated heterocycles. The molecule has 0 atom stereocenters. The molecule has 1 heterocycles. The van der Waals surface area contributed by atoms with Gasteiger partial charge in [0, 0.05) is 13.2 Å². The zero-order chi connectivity index (χ0) is 12.4. The van der Waals surface area contributed by atoms with Gasteiger partial charge in [-0.2, -0.15) is 0 Å². The minimum Gasteiger partial charge on any atom is -0.340 e. The molecule has 0 aliphatic carbocycles. The Balaban J connectivity index is 2.02. The third-order valence-electron chi connectivity index (χ3n) is 2.98. The van der Waals surface area contributed by atoms with Crippen molar-refractivity contribution in [1.29, 1.82) is 0 Å². The van der Waals surface area contributed by atoms with Gasteiger partial charge in [-0.3, -0.25) is 0 Å². The molecule has 0 spiro atoms. The van der Waals surface area contributed by atoms with Crippen molar-refractivity contribution in [2.75, 3.05) is 0 Å². The highest BCUT2D eigenvalue weighted by Crippen LogP contribution is 2.20. The summed E-state index contributed by atoms with van der Waals surface area (Å²) >= 11 is 0. The molecule has 0 amide bonds. The van der Waals surface area contributed by atoms with E-state index in [0.717, 1.165) is 5.69 Å². The van der Waals surface area contributed by atoms with Gasteiger partial charge < -0.3 is 4.57 Å². The lowest BCUT2D eigenvalue weighted by molar-refractivity contribution is 0.913. The van der Waals surface area contributed by atoms with Gasteiger partial charge in [0.25, 0.3) is 0 Å². The van der Waals surface area contributed by atoms with Crippen LogP contribution in [0.2, 0.25) is 0 Å². The van der Waals surface area contributed by atoms with Crippen LogP contribution in [0.5, 0.6) is 0 Å². The van der Waals surface area contributed by atoms with Crippen molar-refractivity contribution in [2.45, 2.75) is 0 Å². The van der Waals surface area contributed by atoms with Gasteiger partial charge >= 0.3 is 0 Å². The lowest BCUT2D eigenvalue weighted by Gasteiger charge is -2.01. The molecule has 0 bridgehead atoms. The molecular weight excluding hydrogens is 220 g/mol. The van der Waals surface area contributed by atoms with Crippen molar-refractivity contribution < 1.29 is 0 Å². The summed E-state index contributed by atoms with van der Waals surface area (Å²) in [4.78, 5) is 4.29. The summed E-state index contributed by atoms with van der Waals surface area (Å²) in [6.07, 6.45) is 7.97. The van der Waals surface area contributed by atoms with Crippen LogP contribution >= 0.6 is 0 Å². The molecule has 2 nitrogen and oxygen atoms in total. The Labute approximate surface area is 106 Å². The van der Waals surface area contributed by atoms with E-state index < -0.39 is 0 Å². The lowest BCUT2D eigenvalue weighted by atomic mass is 10.0. The molecule has 88 valence electrons. The highest BCUT2D eigenvalue weighted by atomic mass is 15.0. The Kier molecular flexibility index (Phi) is 2.69. The lowest BCUT2D eigenvalue weighted by Crippen LogP contribution is -1.78. The Hall–Kier alpha value is -2.35. The van der Waals surface area contributed by atoms with E-state index in [2.05, 4.69) is 53.5 Å². The second-order valence-corrected chi connectivity index (χ2v) is 4.37. The quantitative estimate of drug-likeness (QED) is 0.660. The number of fused-ring (bicyclic) bond motifs is 1. The maximum Gasteiger partial charge on any atom is 0.0950 e. The predicted octanol–water partition coefficient (Wildman–Crippen LogP) is 3.74. The molecule has 0 aliphatic rings. The fourth-order valence-corrected chi connectivity index (χ4v) is 2.09. The van der Waals surface area contributed by atoms with Gasteiger partial charge in [0.1, 0.15) is 0 Å². The summed E-state index contributed by atoms with van der Waals surface area (Å²) in [5.74, 6) is 0. The number of rotatable bonds is 2. The summed E-state index contributed by atoms with van der Waals surface area (Å²) in [6, 6.07) is 14.8. The zero-order valence-corrected chi connectivity index (χ0v) is 10.2. The van der Waals surface area contributed by atoms with Crippen molar-refractivity contribution >= 4 is 22.9 Å². The van der Waals surface area contributed by atoms with Crippen molar-refractivity contribution in [3.05, 3.63) is 66.2 Å². The minimum absolute atomic E-state index is 0.977. The standard InChI is InChI=1S/C16H14N2/c1-18-11-15(17-12-18)10-9-14-7-4-6-13-5-2-3-8-16(13)14/h2-12H,1H3/b10-9-. The van der Waals surface area contributed by atoms with E-state index in [4.69, 9.17) is 0 Å². The number of aryl methyl sites for hydroxylation is 1. The first-order valence-corrected chi connectivity index (χ1v) is 5.97. The topological polar surface area (TPSA) is 17.8 Å². The van der Waals surface area contributed by atoms with Gasteiger partial charge in [-0.25, -0.2) is 4.98 Å². The monoisotopic (exact) mass is 234 g/mol. The van der Waals surface area contributed by atoms with Gasteiger partial charge in [0.2, 0.25) is 0 Å². The van der Waals surface area contributed by atoms with E-state index in [1.807, 2.05) is 30.2 Å². The average Bonchev–Trinajstić information content (AvgIpc) is 2.82. The molecule has 18 heavy (non-hydrogen) atoms. The summed E-state index contributed by atoms with van der Waals surface area (Å²) in [6.45, 7) is 0. The number of hydrogen-bond donors (Lipinski definition) is 0. The molecule has 2 heteroatoms. The van der Waals surface area contributed by atoms with E-state index >= 15 is 0 Å². The van der Waals surface area contributed by atoms with Crippen LogP contribution < -0.4 is 0 Å². The highest BCUT2D eigenvalue weighted by Gasteiger charge is 1.97. The van der Waals surface area contributed by atoms with Gasteiger partial charge in [-0.05, 0) is 22.4 Å². The van der Waals surface area contributed by atoms with E-state index in [0.29, 0.717) is 0 Å². The molecule has 3 aromatic rings. The Morgan fingerprint density at radius 3 is 2.67 bits per heavy atom. The van der Waals surface area contributed by atoms with Crippen LogP contribution in [0.1, 0.15) is 11.3 Å². The predicted molar refractivity (Wildman–Crippen MR) is 76.1 cm³/mol. The summed E-state index contributed by atoms with van der Waals surface area (Å²) in [5, 5.41) is 2.54. The van der Waals surface area contributed by atoms with E-state index in [-0.39, 0.29) is 0 Å². The smallest absolute Gasteiger partial charge is 0.0950 e. The maximum absolute atomic E-state index is 4.29. The average molecular weight is 234 g/mol. The van der Waals surface area contributed by atoms with Gasteiger partial charge in [-0.15, -0.1) is 0 Å². The molecule has 0 fully saturated rings. The maximum atomic E-state index is 4.29. The van der Waals surface area contributed by atoms with E-state index in [1.54, 1.807) is 0 Å². The van der Waals surface area contributed by atoms with Crippen LogP contribution in [0, 0.1) is 0 Å². The zero-order valence-electron chi connectivity index (χ0n) is 10.2. The molecule has 3 rings (SSSR count). The molecule has 0 radical (unpaired) electrons. The molecule has 0 saturated carbocycles. The van der Waals surface area contributed by atoms with Crippen LogP contribution in [0.3, 0.4) is 0 Å². The second-order valence-electron chi connectivity index (χ2n) is 4.37. The van der Waals surface area contributed by atoms with Crippen LogP contribution in [-0.4, -0.2) is 9.55 Å². The van der Waals surface area contributed by atoms with Crippen LogP contribution in [-0.2, 0) is 7.05 Å². The molecule has 0 aliphatic heterocycles. The van der Waals surface area contributed by atoms with Crippen molar-refractivity contribution in [2.24, 2.45) is 7.05 Å². The van der Waals surface area contributed by atoms with Crippen LogP contribution in [0.15, 0.2) is 55.0 Å². The third-order valence-corrected chi connectivity index (χ3v) is 2.98. The summed E-state index contributed by atoms with van der Waals surface area (Å²) in [7, 11) is 1.97. The molecule has 1 aromatic heterocycles. The molecule has 0 unspecified atom stereocenters. The Bertz CT molecular complexity index is 702. The first-order chi connectivity index (χ1) is 8.83. The first kappa shape index (κ1) is 10.8. The second kappa shape index (κ2) is 4.49. The molecular formula is C16H14N2. The van der Waals surface area contributed by atoms with Crippen molar-refractivity contribution in [3.63, 3.8) is 0 Å². The van der Waals surface area contributed by atoms with Gasteiger partial charge in [0.15, 0.2) is 0 Å². The number of benzene rings is 2. The Morgan fingerprint density at radius 1 is 1.00 bits per heavy atom. The largest absolute Gasteiger partial charge is 0.340 e. The van der Waals surface area contributed by atoms with Crippen LogP contribution in [0.25, 0.3) is 22.9 Å². The fourth-order valence-electron chi connectivity index (χ4n) is 2.09. The van der Waals surface area contributed by atoms with E-state index in [1.165, 1.54) is 16.3 Å². The number of aromatic nitrogens is 2. The third kappa shape index (κ3) is 2.05. The number of nitrogens with zero attached hydrogens (tertiary/aromatic N) is 2. The normalized spacial score (nSPS) is 11.4. The summed E-state index contributed by atoms with van der Waals surface area (Å²) in [5.41, 5.74) is 2.20. The Morgan fingerprint density at radius 2 is 1.83 bits per heavy atom. The van der Waals surface area contributed by atoms with Crippen LogP contribution in [0.4, 0.5) is 0 Å². The summed E-state index contributed by atoms with van der Waals surface area (Å²) < 4.78 is 1.95. The van der Waals surface area contributed by atoms with Crippen molar-refractivity contribution in [3.8, 4) is 0 Å². The number of imidazole rings is 1. The van der Waals surface area contributed by atoms with Gasteiger partial charge in [-0.1, -0.05) is 48.5 Å². The molecule has 0 N–H and O–H groups in total. The highest BCUT2D eigenvalue weighted by molar-refractivity contribution is 5.92. The fraction of sp³-hybridized carbons (Fsp3) is 0.0625. The van der Waals surface area contributed by atoms with E-state index in [9.17, 15) is 0 Å². The minimum atomic E-state index is 0.977. The van der Waals surface area contributed by atoms with Gasteiger partial charge in [0.05, 0.1) is 12.0 Å². The first-order valence-electron chi connectivity index (χ1n) is 5.97.